The molecule has 1 aliphatic carbocycles. The smallest absolute Gasteiger partial charge is 0.419 e. The normalized spacial score (nSPS) is 21.0. The molecule has 1 aliphatic rings. The average molecular weight is 396 g/mol. The van der Waals surface area contributed by atoms with Crippen LogP contribution in [0.2, 0.25) is 0 Å². The van der Waals surface area contributed by atoms with E-state index >= 15 is 0 Å². The van der Waals surface area contributed by atoms with Gasteiger partial charge < -0.3 is 9.47 Å². The molecule has 152 valence electrons. The predicted octanol–water partition coefficient (Wildman–Crippen LogP) is 6.70. The molecule has 2 rings (SSSR count). The Balaban J connectivity index is 1.97. The molecule has 0 bridgehead atoms. The maximum absolute atomic E-state index is 13.9. The number of rotatable bonds is 8. The molecule has 1 aromatic carbocycles. The molecule has 0 radical (unpaired) electrons. The fraction of sp³-hybridized carbons (Fsp3) is 0.579. The standard InChI is InChI=1S/C19H22F6O2/c1-2-3-12-4-6-13(7-5-12)8-9-19(24,25)27-14-10-15(20)17(16(21)11-14)26-18(22)23/h8-13,18H,2-7H2,1H3. The molecule has 0 spiro atoms. The van der Waals surface area contributed by atoms with Gasteiger partial charge in [0.1, 0.15) is 5.75 Å². The van der Waals surface area contributed by atoms with Crippen LogP contribution in [0.15, 0.2) is 24.3 Å². The number of alkyl halides is 4. The summed E-state index contributed by atoms with van der Waals surface area (Å²) in [6.07, 6.45) is 3.96. The topological polar surface area (TPSA) is 18.5 Å². The maximum Gasteiger partial charge on any atom is 0.419 e. The largest absolute Gasteiger partial charge is 0.429 e. The van der Waals surface area contributed by atoms with Crippen LogP contribution in [0.25, 0.3) is 0 Å². The number of hydrogen-bond acceptors (Lipinski definition) is 2. The lowest BCUT2D eigenvalue weighted by atomic mass is 9.80. The van der Waals surface area contributed by atoms with Crippen molar-refractivity contribution >= 4 is 0 Å². The summed E-state index contributed by atoms with van der Waals surface area (Å²) in [5.74, 6) is -4.65. The van der Waals surface area contributed by atoms with E-state index < -0.39 is 35.9 Å². The van der Waals surface area contributed by atoms with E-state index in [9.17, 15) is 26.3 Å². The van der Waals surface area contributed by atoms with Crippen molar-refractivity contribution in [2.24, 2.45) is 11.8 Å². The van der Waals surface area contributed by atoms with Gasteiger partial charge in [0.25, 0.3) is 0 Å². The summed E-state index contributed by atoms with van der Waals surface area (Å²) in [6.45, 7) is -1.33. The van der Waals surface area contributed by atoms with E-state index in [1.54, 1.807) is 0 Å². The lowest BCUT2D eigenvalue weighted by Gasteiger charge is -2.26. The Labute approximate surface area is 154 Å². The van der Waals surface area contributed by atoms with Gasteiger partial charge in [0.2, 0.25) is 0 Å². The molecule has 1 fully saturated rings. The van der Waals surface area contributed by atoms with Crippen molar-refractivity contribution in [1.29, 1.82) is 0 Å². The Morgan fingerprint density at radius 1 is 1.11 bits per heavy atom. The van der Waals surface area contributed by atoms with Crippen molar-refractivity contribution in [3.8, 4) is 11.5 Å². The van der Waals surface area contributed by atoms with E-state index in [4.69, 9.17) is 0 Å². The summed E-state index contributed by atoms with van der Waals surface area (Å²) in [7, 11) is 0. The number of halogens is 6. The number of ether oxygens (including phenoxy) is 2. The summed E-state index contributed by atoms with van der Waals surface area (Å²) >= 11 is 0. The second kappa shape index (κ2) is 9.37. The zero-order valence-electron chi connectivity index (χ0n) is 14.9. The van der Waals surface area contributed by atoms with E-state index in [0.717, 1.165) is 38.5 Å². The summed E-state index contributed by atoms with van der Waals surface area (Å²) in [4.78, 5) is 0. The van der Waals surface area contributed by atoms with Crippen molar-refractivity contribution in [3.05, 3.63) is 35.9 Å². The van der Waals surface area contributed by atoms with Gasteiger partial charge in [0.05, 0.1) is 0 Å². The lowest BCUT2D eigenvalue weighted by molar-refractivity contribution is -0.132. The molecular weight excluding hydrogens is 374 g/mol. The fourth-order valence-electron chi connectivity index (χ4n) is 3.31. The summed E-state index contributed by atoms with van der Waals surface area (Å²) in [5, 5.41) is 0. The van der Waals surface area contributed by atoms with Gasteiger partial charge in [-0.2, -0.15) is 17.6 Å². The fourth-order valence-corrected chi connectivity index (χ4v) is 3.31. The summed E-state index contributed by atoms with van der Waals surface area (Å²) < 4.78 is 87.2. The van der Waals surface area contributed by atoms with Crippen molar-refractivity contribution in [1.82, 2.24) is 0 Å². The Kier molecular flexibility index (Phi) is 7.44. The second-order valence-corrected chi connectivity index (χ2v) is 6.69. The number of benzene rings is 1. The number of allylic oxidation sites excluding steroid dienone is 1. The van der Waals surface area contributed by atoms with E-state index in [-0.39, 0.29) is 5.92 Å². The van der Waals surface area contributed by atoms with Crippen molar-refractivity contribution in [3.63, 3.8) is 0 Å². The van der Waals surface area contributed by atoms with Crippen LogP contribution in [0.4, 0.5) is 26.3 Å². The minimum Gasteiger partial charge on any atom is -0.429 e. The summed E-state index contributed by atoms with van der Waals surface area (Å²) in [5.41, 5.74) is 0. The molecule has 0 aromatic heterocycles. The van der Waals surface area contributed by atoms with Gasteiger partial charge in [-0.15, -0.1) is 0 Å². The average Bonchev–Trinajstić information content (AvgIpc) is 2.57. The zero-order chi connectivity index (χ0) is 20.0. The molecule has 0 aliphatic heterocycles. The molecule has 27 heavy (non-hydrogen) atoms. The first-order valence-corrected chi connectivity index (χ1v) is 8.90. The molecule has 0 unspecified atom stereocenters. The molecule has 2 nitrogen and oxygen atoms in total. The maximum atomic E-state index is 13.9. The zero-order valence-corrected chi connectivity index (χ0v) is 14.9. The van der Waals surface area contributed by atoms with Crippen LogP contribution in [0, 0.1) is 23.5 Å². The lowest BCUT2D eigenvalue weighted by Crippen LogP contribution is -2.22. The highest BCUT2D eigenvalue weighted by Crippen LogP contribution is 2.34. The van der Waals surface area contributed by atoms with E-state index in [1.807, 2.05) is 0 Å². The molecule has 1 saturated carbocycles. The van der Waals surface area contributed by atoms with Crippen LogP contribution in [-0.4, -0.2) is 12.7 Å². The van der Waals surface area contributed by atoms with Gasteiger partial charge in [-0.05, 0) is 37.5 Å². The molecule has 1 aromatic rings. The minimum atomic E-state index is -3.79. The molecule has 0 heterocycles. The Morgan fingerprint density at radius 2 is 1.70 bits per heavy atom. The molecule has 0 N–H and O–H groups in total. The monoisotopic (exact) mass is 396 g/mol. The summed E-state index contributed by atoms with van der Waals surface area (Å²) in [6, 6.07) is 0.747. The third-order valence-corrected chi connectivity index (χ3v) is 4.58. The van der Waals surface area contributed by atoms with Crippen LogP contribution in [0.1, 0.15) is 45.4 Å². The molecular formula is C19H22F6O2. The third kappa shape index (κ3) is 6.66. The highest BCUT2D eigenvalue weighted by molar-refractivity contribution is 5.35. The molecule has 8 heteroatoms. The van der Waals surface area contributed by atoms with Crippen molar-refractivity contribution < 1.29 is 35.8 Å². The van der Waals surface area contributed by atoms with Crippen molar-refractivity contribution in [2.75, 3.05) is 0 Å². The van der Waals surface area contributed by atoms with Crippen molar-refractivity contribution in [2.45, 2.75) is 58.2 Å². The van der Waals surface area contributed by atoms with Gasteiger partial charge in [-0.3, -0.25) is 0 Å². The second-order valence-electron chi connectivity index (χ2n) is 6.69. The van der Waals surface area contributed by atoms with Gasteiger partial charge in [-0.1, -0.05) is 25.8 Å². The first kappa shape index (κ1) is 21.4. The van der Waals surface area contributed by atoms with Crippen LogP contribution >= 0.6 is 0 Å². The minimum absolute atomic E-state index is 0.00266. The van der Waals surface area contributed by atoms with Crippen LogP contribution in [-0.2, 0) is 0 Å². The van der Waals surface area contributed by atoms with Gasteiger partial charge in [-0.25, -0.2) is 8.78 Å². The van der Waals surface area contributed by atoms with Gasteiger partial charge in [0.15, 0.2) is 17.4 Å². The van der Waals surface area contributed by atoms with Crippen LogP contribution < -0.4 is 9.47 Å². The predicted molar refractivity (Wildman–Crippen MR) is 88.1 cm³/mol. The first-order chi connectivity index (χ1) is 12.7. The quantitative estimate of drug-likeness (QED) is 0.360. The van der Waals surface area contributed by atoms with Crippen LogP contribution in [0.5, 0.6) is 11.5 Å². The third-order valence-electron chi connectivity index (χ3n) is 4.58. The van der Waals surface area contributed by atoms with E-state index in [0.29, 0.717) is 24.1 Å². The molecule has 0 saturated heterocycles. The van der Waals surface area contributed by atoms with Crippen LogP contribution in [0.3, 0.4) is 0 Å². The van der Waals surface area contributed by atoms with Gasteiger partial charge in [0, 0.05) is 18.2 Å². The number of hydrogen-bond donors (Lipinski definition) is 0. The Hall–Kier alpha value is -1.86. The molecule has 0 amide bonds. The highest BCUT2D eigenvalue weighted by atomic mass is 19.3. The van der Waals surface area contributed by atoms with Gasteiger partial charge >= 0.3 is 12.7 Å². The van der Waals surface area contributed by atoms with E-state index in [2.05, 4.69) is 16.4 Å². The first-order valence-electron chi connectivity index (χ1n) is 8.90. The highest BCUT2D eigenvalue weighted by Gasteiger charge is 2.30. The Morgan fingerprint density at radius 3 is 2.22 bits per heavy atom. The SMILES string of the molecule is CCCC1CCC(C=CC(F)(F)Oc2cc(F)c(OC(F)F)c(F)c2)CC1. The Bertz CT molecular complexity index is 616. The molecule has 0 atom stereocenters. The van der Waals surface area contributed by atoms with E-state index in [1.165, 1.54) is 6.08 Å².